The lowest BCUT2D eigenvalue weighted by Gasteiger charge is -2.20. The van der Waals surface area contributed by atoms with Crippen LogP contribution in [0.2, 0.25) is 0 Å². The zero-order valence-electron chi connectivity index (χ0n) is 17.8. The summed E-state index contributed by atoms with van der Waals surface area (Å²) in [7, 11) is 0. The molecule has 4 rings (SSSR count). The normalized spacial score (nSPS) is 16.0. The zero-order chi connectivity index (χ0) is 22.0. The predicted octanol–water partition coefficient (Wildman–Crippen LogP) is 3.80. The van der Waals surface area contributed by atoms with Crippen molar-refractivity contribution in [2.24, 2.45) is 0 Å². The molecule has 1 fully saturated rings. The number of hydrogen-bond donors (Lipinski definition) is 1. The number of thioether (sulfide) groups is 1. The molecule has 0 saturated carbocycles. The summed E-state index contributed by atoms with van der Waals surface area (Å²) in [5.74, 6) is 0.462. The van der Waals surface area contributed by atoms with E-state index in [-0.39, 0.29) is 17.7 Å². The van der Waals surface area contributed by atoms with E-state index in [9.17, 15) is 9.59 Å². The van der Waals surface area contributed by atoms with Gasteiger partial charge < -0.3 is 4.74 Å². The van der Waals surface area contributed by atoms with Crippen LogP contribution >= 0.6 is 23.1 Å². The Bertz CT molecular complexity index is 1130. The first kappa shape index (κ1) is 21.8. The lowest BCUT2D eigenvalue weighted by molar-refractivity contribution is -0.115. The fourth-order valence-corrected chi connectivity index (χ4v) is 5.47. The van der Waals surface area contributed by atoms with Crippen LogP contribution in [-0.2, 0) is 21.8 Å². The van der Waals surface area contributed by atoms with Gasteiger partial charge in [0.05, 0.1) is 24.0 Å². The smallest absolute Gasteiger partial charge is 0.344 e. The van der Waals surface area contributed by atoms with Crippen molar-refractivity contribution in [1.29, 1.82) is 0 Å². The number of aromatic amines is 1. The van der Waals surface area contributed by atoms with Crippen LogP contribution in [-0.4, -0.2) is 38.4 Å². The summed E-state index contributed by atoms with van der Waals surface area (Å²) in [4.78, 5) is 30.9. The van der Waals surface area contributed by atoms with Crippen molar-refractivity contribution in [1.82, 2.24) is 19.7 Å². The number of ether oxygens (including phenoxy) is 1. The second-order valence-electron chi connectivity index (χ2n) is 7.61. The minimum atomic E-state index is -0.227. The van der Waals surface area contributed by atoms with Gasteiger partial charge in [0, 0.05) is 24.7 Å². The van der Waals surface area contributed by atoms with Crippen LogP contribution in [0, 0.1) is 13.8 Å². The molecular weight excluding hydrogens is 434 g/mol. The van der Waals surface area contributed by atoms with E-state index in [0.29, 0.717) is 22.6 Å². The molecule has 1 aliphatic heterocycles. The fraction of sp³-hybridized carbons (Fsp3) is 0.429. The fourth-order valence-electron chi connectivity index (χ4n) is 3.63. The maximum absolute atomic E-state index is 12.4. The SMILES string of the molecule is CC(=O)N(c1nc(CSc2n[nH]c(=O)n2CC2CCCO2)cs1)c1ccc(C)cc1C. The predicted molar refractivity (Wildman–Crippen MR) is 122 cm³/mol. The molecule has 1 N–H and O–H groups in total. The molecule has 2 aromatic heterocycles. The largest absolute Gasteiger partial charge is 0.376 e. The monoisotopic (exact) mass is 459 g/mol. The van der Waals surface area contributed by atoms with Crippen LogP contribution in [0.5, 0.6) is 0 Å². The first-order valence-corrected chi connectivity index (χ1v) is 12.0. The van der Waals surface area contributed by atoms with E-state index in [4.69, 9.17) is 4.74 Å². The summed E-state index contributed by atoms with van der Waals surface area (Å²) in [5.41, 5.74) is 3.61. The van der Waals surface area contributed by atoms with Crippen molar-refractivity contribution in [3.8, 4) is 0 Å². The van der Waals surface area contributed by atoms with Gasteiger partial charge in [-0.05, 0) is 38.3 Å². The van der Waals surface area contributed by atoms with Crippen molar-refractivity contribution in [2.45, 2.75) is 57.2 Å². The van der Waals surface area contributed by atoms with E-state index in [1.165, 1.54) is 23.1 Å². The molecule has 0 spiro atoms. The number of aromatic nitrogens is 4. The maximum atomic E-state index is 12.4. The maximum Gasteiger partial charge on any atom is 0.344 e. The van der Waals surface area contributed by atoms with Gasteiger partial charge in [0.2, 0.25) is 5.91 Å². The molecule has 164 valence electrons. The third kappa shape index (κ3) is 4.91. The van der Waals surface area contributed by atoms with Crippen LogP contribution in [0.1, 0.15) is 36.6 Å². The second-order valence-corrected chi connectivity index (χ2v) is 9.39. The Morgan fingerprint density at radius 3 is 2.97 bits per heavy atom. The average molecular weight is 460 g/mol. The van der Waals surface area contributed by atoms with E-state index >= 15 is 0 Å². The summed E-state index contributed by atoms with van der Waals surface area (Å²) in [5, 5.41) is 9.88. The number of anilines is 2. The highest BCUT2D eigenvalue weighted by Crippen LogP contribution is 2.33. The van der Waals surface area contributed by atoms with Crippen LogP contribution in [0.3, 0.4) is 0 Å². The number of aryl methyl sites for hydroxylation is 2. The van der Waals surface area contributed by atoms with Gasteiger partial charge in [-0.2, -0.15) is 0 Å². The molecule has 31 heavy (non-hydrogen) atoms. The number of nitrogens with zero attached hydrogens (tertiary/aromatic N) is 4. The quantitative estimate of drug-likeness (QED) is 0.540. The van der Waals surface area contributed by atoms with Crippen LogP contribution in [0.15, 0.2) is 33.5 Å². The molecule has 0 aliphatic carbocycles. The Morgan fingerprint density at radius 2 is 2.26 bits per heavy atom. The topological polar surface area (TPSA) is 93.1 Å². The Hall–Kier alpha value is -2.43. The Kier molecular flexibility index (Phi) is 6.59. The Labute approximate surface area is 188 Å². The van der Waals surface area contributed by atoms with Gasteiger partial charge in [0.25, 0.3) is 0 Å². The first-order chi connectivity index (χ1) is 14.9. The molecule has 1 saturated heterocycles. The minimum absolute atomic E-state index is 0.0578. The number of rotatable bonds is 7. The van der Waals surface area contributed by atoms with Crippen molar-refractivity contribution >= 4 is 39.8 Å². The molecule has 1 aromatic carbocycles. The van der Waals surface area contributed by atoms with Gasteiger partial charge in [0.15, 0.2) is 10.3 Å². The zero-order valence-corrected chi connectivity index (χ0v) is 19.4. The molecule has 1 atom stereocenters. The van der Waals surface area contributed by atoms with Crippen LogP contribution in [0.4, 0.5) is 10.8 Å². The molecule has 1 aliphatic rings. The van der Waals surface area contributed by atoms with Crippen LogP contribution in [0.25, 0.3) is 0 Å². The highest BCUT2D eigenvalue weighted by molar-refractivity contribution is 7.98. The summed E-state index contributed by atoms with van der Waals surface area (Å²) in [6.07, 6.45) is 2.03. The molecule has 10 heteroatoms. The van der Waals surface area contributed by atoms with Crippen molar-refractivity contribution in [3.63, 3.8) is 0 Å². The van der Waals surface area contributed by atoms with E-state index < -0.39 is 0 Å². The molecule has 0 radical (unpaired) electrons. The van der Waals surface area contributed by atoms with Crippen molar-refractivity contribution < 1.29 is 9.53 Å². The summed E-state index contributed by atoms with van der Waals surface area (Å²) < 4.78 is 7.28. The molecule has 3 heterocycles. The lowest BCUT2D eigenvalue weighted by atomic mass is 10.1. The number of carbonyl (C=O) groups excluding carboxylic acids is 1. The first-order valence-electron chi connectivity index (χ1n) is 10.1. The Balaban J connectivity index is 1.49. The van der Waals surface area contributed by atoms with E-state index in [2.05, 4.69) is 21.2 Å². The third-order valence-electron chi connectivity index (χ3n) is 5.12. The van der Waals surface area contributed by atoms with Crippen molar-refractivity contribution in [2.75, 3.05) is 11.5 Å². The highest BCUT2D eigenvalue weighted by Gasteiger charge is 2.22. The van der Waals surface area contributed by atoms with Gasteiger partial charge >= 0.3 is 5.69 Å². The average Bonchev–Trinajstić information content (AvgIpc) is 3.46. The molecule has 1 amide bonds. The molecule has 0 bridgehead atoms. The van der Waals surface area contributed by atoms with E-state index in [0.717, 1.165) is 42.0 Å². The van der Waals surface area contributed by atoms with Crippen molar-refractivity contribution in [3.05, 3.63) is 50.9 Å². The number of hydrogen-bond acceptors (Lipinski definition) is 7. The number of amides is 1. The molecule has 8 nitrogen and oxygen atoms in total. The van der Waals surface area contributed by atoms with Crippen LogP contribution < -0.4 is 10.6 Å². The number of benzene rings is 1. The number of carbonyl (C=O) groups is 1. The lowest BCUT2D eigenvalue weighted by Crippen LogP contribution is -2.25. The van der Waals surface area contributed by atoms with Gasteiger partial charge in [0.1, 0.15) is 0 Å². The molecule has 3 aromatic rings. The minimum Gasteiger partial charge on any atom is -0.376 e. The molecular formula is C21H25N5O3S2. The van der Waals surface area contributed by atoms with Gasteiger partial charge in [-0.25, -0.2) is 14.9 Å². The number of nitrogens with one attached hydrogen (secondary N) is 1. The molecule has 1 unspecified atom stereocenters. The standard InChI is InChI=1S/C21H25N5O3S2/c1-13-6-7-18(14(2)9-13)26(15(3)27)20-22-16(11-30-20)12-31-21-24-23-19(28)25(21)10-17-5-4-8-29-17/h6-7,9,11,17H,4-5,8,10,12H2,1-3H3,(H,23,28). The number of thiazole rings is 1. The highest BCUT2D eigenvalue weighted by atomic mass is 32.2. The summed E-state index contributed by atoms with van der Waals surface area (Å²) >= 11 is 2.87. The Morgan fingerprint density at radius 1 is 1.42 bits per heavy atom. The van der Waals surface area contributed by atoms with Gasteiger partial charge in [-0.3, -0.25) is 14.3 Å². The summed E-state index contributed by atoms with van der Waals surface area (Å²) in [6, 6.07) is 6.00. The third-order valence-corrected chi connectivity index (χ3v) is 7.01. The second kappa shape index (κ2) is 9.37. The van der Waals surface area contributed by atoms with Gasteiger partial charge in [-0.1, -0.05) is 29.5 Å². The summed E-state index contributed by atoms with van der Waals surface area (Å²) in [6.45, 7) is 6.82. The van der Waals surface area contributed by atoms with E-state index in [1.807, 2.05) is 31.4 Å². The number of H-pyrrole nitrogens is 1. The van der Waals surface area contributed by atoms with Gasteiger partial charge in [-0.15, -0.1) is 16.4 Å². The van der Waals surface area contributed by atoms with E-state index in [1.54, 1.807) is 16.4 Å².